The van der Waals surface area contributed by atoms with Crippen molar-refractivity contribution in [3.05, 3.63) is 68.0 Å². The lowest BCUT2D eigenvalue weighted by Gasteiger charge is -2.32. The first-order valence-corrected chi connectivity index (χ1v) is 10.5. The molecule has 4 rings (SSSR count). The van der Waals surface area contributed by atoms with Gasteiger partial charge in [0.2, 0.25) is 11.6 Å². The van der Waals surface area contributed by atoms with Gasteiger partial charge in [0.15, 0.2) is 5.75 Å². The lowest BCUT2D eigenvalue weighted by Crippen LogP contribution is -2.39. The normalized spacial score (nSPS) is 14.3. The highest BCUT2D eigenvalue weighted by Crippen LogP contribution is 2.23. The Kier molecular flexibility index (Phi) is 6.15. The fourth-order valence-electron chi connectivity index (χ4n) is 3.26. The van der Waals surface area contributed by atoms with Crippen molar-refractivity contribution in [3.8, 4) is 17.5 Å². The zero-order chi connectivity index (χ0) is 22.0. The highest BCUT2D eigenvalue weighted by Gasteiger charge is 2.24. The largest absolute Gasteiger partial charge is 0.487 e. The Bertz CT molecular complexity index is 1210. The first-order valence-electron chi connectivity index (χ1n) is 9.33. The van der Waals surface area contributed by atoms with E-state index in [4.69, 9.17) is 16.3 Å². The molecular weight excluding hydrogens is 491 g/mol. The lowest BCUT2D eigenvalue weighted by atomic mass is 10.1. The van der Waals surface area contributed by atoms with Crippen molar-refractivity contribution >= 4 is 33.5 Å². The summed E-state index contributed by atoms with van der Waals surface area (Å²) in [5, 5.41) is 14.0. The molecule has 0 bridgehead atoms. The molecule has 31 heavy (non-hydrogen) atoms. The van der Waals surface area contributed by atoms with Crippen LogP contribution in [0.3, 0.4) is 0 Å². The van der Waals surface area contributed by atoms with Gasteiger partial charge in [0, 0.05) is 30.4 Å². The average Bonchev–Trinajstić information content (AvgIpc) is 2.76. The summed E-state index contributed by atoms with van der Waals surface area (Å²) in [6, 6.07) is 7.30. The van der Waals surface area contributed by atoms with E-state index in [1.54, 1.807) is 18.5 Å². The number of hydrogen-bond donors (Lipinski definition) is 0. The van der Waals surface area contributed by atoms with Gasteiger partial charge >= 0.3 is 0 Å². The maximum Gasteiger partial charge on any atom is 0.275 e. The van der Waals surface area contributed by atoms with Gasteiger partial charge in [-0.15, -0.1) is 5.10 Å². The van der Waals surface area contributed by atoms with E-state index < -0.39 is 11.4 Å². The second-order valence-electron chi connectivity index (χ2n) is 6.82. The summed E-state index contributed by atoms with van der Waals surface area (Å²) in [7, 11) is 0. The molecule has 0 amide bonds. The number of benzene rings is 1. The lowest BCUT2D eigenvalue weighted by molar-refractivity contribution is 0.168. The van der Waals surface area contributed by atoms with Gasteiger partial charge in [-0.1, -0.05) is 27.5 Å². The van der Waals surface area contributed by atoms with Gasteiger partial charge in [0.05, 0.1) is 23.5 Å². The molecule has 1 saturated heterocycles. The molecule has 0 atom stereocenters. The van der Waals surface area contributed by atoms with Crippen molar-refractivity contribution < 1.29 is 9.13 Å². The fourth-order valence-corrected chi connectivity index (χ4v) is 3.69. The summed E-state index contributed by atoms with van der Waals surface area (Å²) < 4.78 is 21.6. The highest BCUT2D eigenvalue weighted by molar-refractivity contribution is 9.10. The van der Waals surface area contributed by atoms with Crippen LogP contribution in [0.25, 0.3) is 5.69 Å². The molecule has 1 aromatic carbocycles. The molecule has 0 aliphatic carbocycles. The summed E-state index contributed by atoms with van der Waals surface area (Å²) in [5.74, 6) is 0.0298. The third kappa shape index (κ3) is 4.68. The number of ether oxygens (including phenoxy) is 1. The quantitative estimate of drug-likeness (QED) is 0.535. The Morgan fingerprint density at radius 1 is 1.23 bits per heavy atom. The number of nitrogens with zero attached hydrogens (tertiary/aromatic N) is 6. The third-order valence-electron chi connectivity index (χ3n) is 4.77. The Balaban J connectivity index is 1.50. The molecule has 158 valence electrons. The standard InChI is InChI=1S/C20H15BrClFN6O2/c21-12-1-2-17(15(23)7-12)29-19(30)8-18(16(9-24)27-29)31-14-3-5-28(6-4-14)20-25-10-13(22)11-26-20/h1-2,7-8,10-11,14H,3-6H2. The van der Waals surface area contributed by atoms with Crippen LogP contribution in [0.5, 0.6) is 5.75 Å². The maximum absolute atomic E-state index is 14.3. The van der Waals surface area contributed by atoms with Crippen molar-refractivity contribution in [1.29, 1.82) is 5.26 Å². The maximum atomic E-state index is 14.3. The van der Waals surface area contributed by atoms with Crippen LogP contribution in [0, 0.1) is 17.1 Å². The third-order valence-corrected chi connectivity index (χ3v) is 5.45. The minimum absolute atomic E-state index is 0.0486. The van der Waals surface area contributed by atoms with Crippen LogP contribution in [0.4, 0.5) is 10.3 Å². The number of hydrogen-bond acceptors (Lipinski definition) is 7. The second kappa shape index (κ2) is 8.99. The Morgan fingerprint density at radius 3 is 2.58 bits per heavy atom. The zero-order valence-corrected chi connectivity index (χ0v) is 18.3. The number of nitriles is 1. The van der Waals surface area contributed by atoms with Crippen LogP contribution in [0.1, 0.15) is 18.5 Å². The van der Waals surface area contributed by atoms with Crippen LogP contribution >= 0.6 is 27.5 Å². The first kappa shape index (κ1) is 21.2. The van der Waals surface area contributed by atoms with Gasteiger partial charge in [-0.2, -0.15) is 9.94 Å². The van der Waals surface area contributed by atoms with Crippen molar-refractivity contribution in [2.45, 2.75) is 18.9 Å². The van der Waals surface area contributed by atoms with Crippen molar-refractivity contribution in [2.24, 2.45) is 0 Å². The molecule has 11 heteroatoms. The predicted molar refractivity (Wildman–Crippen MR) is 115 cm³/mol. The molecule has 2 aromatic heterocycles. The molecule has 1 fully saturated rings. The summed E-state index contributed by atoms with van der Waals surface area (Å²) in [6.07, 6.45) is 4.15. The van der Waals surface area contributed by atoms with E-state index >= 15 is 0 Å². The smallest absolute Gasteiger partial charge is 0.275 e. The van der Waals surface area contributed by atoms with Crippen LogP contribution in [-0.4, -0.2) is 38.9 Å². The summed E-state index contributed by atoms with van der Waals surface area (Å²) >= 11 is 8.99. The van der Waals surface area contributed by atoms with Crippen LogP contribution in [0.15, 0.2) is 45.9 Å². The van der Waals surface area contributed by atoms with Gasteiger partial charge in [-0.25, -0.2) is 14.4 Å². The van der Waals surface area contributed by atoms with E-state index in [0.717, 1.165) is 4.68 Å². The zero-order valence-electron chi connectivity index (χ0n) is 16.0. The van der Waals surface area contributed by atoms with E-state index in [0.29, 0.717) is 41.4 Å². The summed E-state index contributed by atoms with van der Waals surface area (Å²) in [4.78, 5) is 23.0. The summed E-state index contributed by atoms with van der Waals surface area (Å²) in [5.41, 5.74) is -0.736. The molecular formula is C20H15BrClFN6O2. The monoisotopic (exact) mass is 504 g/mol. The fraction of sp³-hybridized carbons (Fsp3) is 0.250. The number of piperidine rings is 1. The predicted octanol–water partition coefficient (Wildman–Crippen LogP) is 3.50. The van der Waals surface area contributed by atoms with Gasteiger partial charge in [0.1, 0.15) is 23.7 Å². The Morgan fingerprint density at radius 2 is 1.94 bits per heavy atom. The Hall–Kier alpha value is -3.03. The molecule has 0 N–H and O–H groups in total. The van der Waals surface area contributed by atoms with E-state index in [-0.39, 0.29) is 23.2 Å². The number of rotatable bonds is 4. The first-order chi connectivity index (χ1) is 14.9. The SMILES string of the molecule is N#Cc1nn(-c2ccc(Br)cc2F)c(=O)cc1OC1CCN(c2ncc(Cl)cn2)CC1. The van der Waals surface area contributed by atoms with Crippen molar-refractivity contribution in [1.82, 2.24) is 19.7 Å². The molecule has 0 saturated carbocycles. The number of anilines is 1. The molecule has 0 spiro atoms. The van der Waals surface area contributed by atoms with E-state index in [2.05, 4.69) is 31.0 Å². The molecule has 0 unspecified atom stereocenters. The van der Waals surface area contributed by atoms with Crippen LogP contribution < -0.4 is 15.2 Å². The Labute approximate surface area is 190 Å². The van der Waals surface area contributed by atoms with Gasteiger partial charge in [-0.05, 0) is 18.2 Å². The molecule has 1 aliphatic heterocycles. The van der Waals surface area contributed by atoms with Crippen molar-refractivity contribution in [3.63, 3.8) is 0 Å². The molecule has 3 heterocycles. The summed E-state index contributed by atoms with van der Waals surface area (Å²) in [6.45, 7) is 1.28. The van der Waals surface area contributed by atoms with E-state index in [1.165, 1.54) is 18.2 Å². The highest BCUT2D eigenvalue weighted by atomic mass is 79.9. The van der Waals surface area contributed by atoms with Crippen molar-refractivity contribution in [2.75, 3.05) is 18.0 Å². The second-order valence-corrected chi connectivity index (χ2v) is 8.17. The van der Waals surface area contributed by atoms with Crippen LogP contribution in [0.2, 0.25) is 5.02 Å². The average molecular weight is 506 g/mol. The van der Waals surface area contributed by atoms with Gasteiger partial charge in [-0.3, -0.25) is 4.79 Å². The number of halogens is 3. The minimum Gasteiger partial charge on any atom is -0.487 e. The minimum atomic E-state index is -0.640. The van der Waals surface area contributed by atoms with Crippen LogP contribution in [-0.2, 0) is 0 Å². The molecule has 0 radical (unpaired) electrons. The van der Waals surface area contributed by atoms with Gasteiger partial charge < -0.3 is 9.64 Å². The molecule has 1 aliphatic rings. The molecule has 3 aromatic rings. The van der Waals surface area contributed by atoms with Gasteiger partial charge in [0.25, 0.3) is 5.56 Å². The molecule has 8 nitrogen and oxygen atoms in total. The number of aromatic nitrogens is 4. The topological polar surface area (TPSA) is 96.9 Å². The van der Waals surface area contributed by atoms with E-state index in [1.807, 2.05) is 11.0 Å². The van der Waals surface area contributed by atoms with E-state index in [9.17, 15) is 14.4 Å².